The quantitative estimate of drug-likeness (QED) is 0.260. The predicted molar refractivity (Wildman–Crippen MR) is 150 cm³/mol. The molecule has 0 spiro atoms. The summed E-state index contributed by atoms with van der Waals surface area (Å²) < 4.78 is 0. The van der Waals surface area contributed by atoms with Gasteiger partial charge in [-0.1, -0.05) is 54.6 Å². The molecule has 0 atom stereocenters. The van der Waals surface area contributed by atoms with E-state index in [1.807, 2.05) is 0 Å². The Kier molecular flexibility index (Phi) is 4.34. The highest BCUT2D eigenvalue weighted by atomic mass is 15.1. The number of aryl methyl sites for hydroxylation is 2. The van der Waals surface area contributed by atoms with Crippen LogP contribution in [-0.4, -0.2) is 0 Å². The van der Waals surface area contributed by atoms with Crippen molar-refractivity contribution in [3.63, 3.8) is 0 Å². The summed E-state index contributed by atoms with van der Waals surface area (Å²) in [6.45, 7) is 4.34. The molecule has 0 bridgehead atoms. The Morgan fingerprint density at radius 3 is 1.49 bits per heavy atom. The van der Waals surface area contributed by atoms with E-state index in [1.54, 1.807) is 0 Å². The molecule has 1 nitrogen and oxygen atoms in total. The van der Waals surface area contributed by atoms with Crippen molar-refractivity contribution >= 4 is 38.6 Å². The van der Waals surface area contributed by atoms with Crippen LogP contribution < -0.4 is 4.90 Å². The minimum Gasteiger partial charge on any atom is -0.310 e. The summed E-state index contributed by atoms with van der Waals surface area (Å²) in [5, 5.41) is 5.15. The molecule has 7 rings (SSSR count). The number of hydrogen-bond donors (Lipinski definition) is 0. The first-order valence-corrected chi connectivity index (χ1v) is 12.2. The molecule has 6 aromatic rings. The fourth-order valence-corrected chi connectivity index (χ4v) is 5.60. The number of benzene rings is 6. The number of fused-ring (bicyclic) bond motifs is 6. The summed E-state index contributed by atoms with van der Waals surface area (Å²) in [6.07, 6.45) is 0. The van der Waals surface area contributed by atoms with Crippen molar-refractivity contribution in [2.24, 2.45) is 0 Å². The molecule has 166 valence electrons. The van der Waals surface area contributed by atoms with Crippen LogP contribution in [0, 0.1) is 13.8 Å². The molecule has 0 saturated heterocycles. The molecule has 0 fully saturated rings. The van der Waals surface area contributed by atoms with Gasteiger partial charge in [0.1, 0.15) is 0 Å². The second kappa shape index (κ2) is 7.58. The van der Waals surface area contributed by atoms with Crippen LogP contribution in [-0.2, 0) is 0 Å². The predicted octanol–water partition coefficient (Wildman–Crippen LogP) is 9.73. The molecule has 0 unspecified atom stereocenters. The summed E-state index contributed by atoms with van der Waals surface area (Å²) in [7, 11) is 0. The molecule has 6 aromatic carbocycles. The van der Waals surface area contributed by atoms with Crippen LogP contribution in [0.2, 0.25) is 0 Å². The van der Waals surface area contributed by atoms with Crippen molar-refractivity contribution in [3.8, 4) is 22.3 Å². The molecule has 0 N–H and O–H groups in total. The highest BCUT2D eigenvalue weighted by Crippen LogP contribution is 2.50. The Hall–Kier alpha value is -4.36. The first kappa shape index (κ1) is 20.1. The zero-order valence-electron chi connectivity index (χ0n) is 19.9. The van der Waals surface area contributed by atoms with Gasteiger partial charge in [0, 0.05) is 17.1 Å². The average Bonchev–Trinajstić information content (AvgIpc) is 2.87. The van der Waals surface area contributed by atoms with Crippen molar-refractivity contribution in [1.82, 2.24) is 0 Å². The van der Waals surface area contributed by atoms with Crippen LogP contribution in [0.1, 0.15) is 11.1 Å². The molecular weight excluding hydrogens is 422 g/mol. The van der Waals surface area contributed by atoms with Crippen LogP contribution in [0.15, 0.2) is 115 Å². The first-order chi connectivity index (χ1) is 17.1. The molecule has 1 aliphatic carbocycles. The van der Waals surface area contributed by atoms with E-state index < -0.39 is 0 Å². The standard InChI is InChI=1S/C34H25N/c1-22-14-23(2)16-30(15-22)35(28-10-4-3-5-11-28)29-13-12-26-20-33-31-18-24-8-6-7-9-25(24)19-32(31)34(33)21-27(26)17-29/h3-21H,1-2H3. The second-order valence-electron chi connectivity index (χ2n) is 9.69. The normalized spacial score (nSPS) is 11.7. The molecule has 0 aliphatic heterocycles. The van der Waals surface area contributed by atoms with E-state index >= 15 is 0 Å². The van der Waals surface area contributed by atoms with E-state index in [0.717, 1.165) is 5.69 Å². The Labute approximate surface area is 205 Å². The van der Waals surface area contributed by atoms with Gasteiger partial charge in [0.25, 0.3) is 0 Å². The fourth-order valence-electron chi connectivity index (χ4n) is 5.60. The zero-order valence-corrected chi connectivity index (χ0v) is 19.9. The third-order valence-corrected chi connectivity index (χ3v) is 7.16. The van der Waals surface area contributed by atoms with Crippen molar-refractivity contribution in [2.45, 2.75) is 13.8 Å². The van der Waals surface area contributed by atoms with E-state index in [4.69, 9.17) is 0 Å². The summed E-state index contributed by atoms with van der Waals surface area (Å²) in [5.41, 5.74) is 11.5. The molecular formula is C34H25N. The summed E-state index contributed by atoms with van der Waals surface area (Å²) in [6, 6.07) is 42.3. The lowest BCUT2D eigenvalue weighted by molar-refractivity contribution is 1.26. The van der Waals surface area contributed by atoms with Gasteiger partial charge in [0.05, 0.1) is 0 Å². The lowest BCUT2D eigenvalue weighted by atomic mass is 9.78. The summed E-state index contributed by atoms with van der Waals surface area (Å²) in [4.78, 5) is 2.36. The Morgan fingerprint density at radius 1 is 0.371 bits per heavy atom. The third-order valence-electron chi connectivity index (χ3n) is 7.16. The molecule has 1 heteroatoms. The summed E-state index contributed by atoms with van der Waals surface area (Å²) in [5.74, 6) is 0. The van der Waals surface area contributed by atoms with Crippen LogP contribution in [0.4, 0.5) is 17.1 Å². The molecule has 35 heavy (non-hydrogen) atoms. The second-order valence-corrected chi connectivity index (χ2v) is 9.69. The van der Waals surface area contributed by atoms with Gasteiger partial charge in [-0.3, -0.25) is 0 Å². The number of nitrogens with zero attached hydrogens (tertiary/aromatic N) is 1. The van der Waals surface area contributed by atoms with E-state index in [0.29, 0.717) is 0 Å². The number of hydrogen-bond acceptors (Lipinski definition) is 1. The maximum absolute atomic E-state index is 2.37. The van der Waals surface area contributed by atoms with E-state index in [-0.39, 0.29) is 0 Å². The van der Waals surface area contributed by atoms with Crippen molar-refractivity contribution in [1.29, 1.82) is 0 Å². The maximum atomic E-state index is 2.37. The van der Waals surface area contributed by atoms with Crippen LogP contribution in [0.25, 0.3) is 43.8 Å². The van der Waals surface area contributed by atoms with E-state index in [9.17, 15) is 0 Å². The Morgan fingerprint density at radius 2 is 0.886 bits per heavy atom. The molecule has 1 aliphatic rings. The molecule has 0 amide bonds. The molecule has 0 heterocycles. The lowest BCUT2D eigenvalue weighted by Gasteiger charge is -2.28. The minimum atomic E-state index is 1.16. The largest absolute Gasteiger partial charge is 0.310 e. The molecule has 0 radical (unpaired) electrons. The smallest absolute Gasteiger partial charge is 0.0468 e. The molecule has 0 saturated carbocycles. The number of para-hydroxylation sites is 1. The number of rotatable bonds is 3. The van der Waals surface area contributed by atoms with Gasteiger partial charge >= 0.3 is 0 Å². The van der Waals surface area contributed by atoms with Crippen molar-refractivity contribution in [2.75, 3.05) is 4.90 Å². The van der Waals surface area contributed by atoms with Crippen molar-refractivity contribution in [3.05, 3.63) is 126 Å². The highest BCUT2D eigenvalue weighted by Gasteiger charge is 2.24. The van der Waals surface area contributed by atoms with Gasteiger partial charge in [-0.15, -0.1) is 0 Å². The monoisotopic (exact) mass is 447 g/mol. The zero-order chi connectivity index (χ0) is 23.5. The SMILES string of the molecule is Cc1cc(C)cc(N(c2ccccc2)c2ccc3cc4c(cc3c2)-c2cc3ccccc3cc2-4)c1. The minimum absolute atomic E-state index is 1.16. The van der Waals surface area contributed by atoms with Gasteiger partial charge < -0.3 is 4.90 Å². The van der Waals surface area contributed by atoms with Gasteiger partial charge in [-0.05, 0) is 129 Å². The summed E-state index contributed by atoms with van der Waals surface area (Å²) >= 11 is 0. The number of anilines is 3. The van der Waals surface area contributed by atoms with Gasteiger partial charge in [-0.25, -0.2) is 0 Å². The lowest BCUT2D eigenvalue weighted by Crippen LogP contribution is -2.10. The highest BCUT2D eigenvalue weighted by molar-refractivity contribution is 6.12. The molecule has 0 aromatic heterocycles. The topological polar surface area (TPSA) is 3.24 Å². The van der Waals surface area contributed by atoms with E-state index in [1.165, 1.54) is 66.3 Å². The van der Waals surface area contributed by atoms with Crippen LogP contribution >= 0.6 is 0 Å². The maximum Gasteiger partial charge on any atom is 0.0468 e. The Balaban J connectivity index is 1.39. The third kappa shape index (κ3) is 3.24. The first-order valence-electron chi connectivity index (χ1n) is 12.2. The average molecular weight is 448 g/mol. The van der Waals surface area contributed by atoms with E-state index in [2.05, 4.69) is 134 Å². The van der Waals surface area contributed by atoms with Crippen LogP contribution in [0.5, 0.6) is 0 Å². The van der Waals surface area contributed by atoms with Gasteiger partial charge in [-0.2, -0.15) is 0 Å². The Bertz CT molecular complexity index is 1740. The van der Waals surface area contributed by atoms with Gasteiger partial charge in [0.15, 0.2) is 0 Å². The fraction of sp³-hybridized carbons (Fsp3) is 0.0588. The van der Waals surface area contributed by atoms with Gasteiger partial charge in [0.2, 0.25) is 0 Å². The van der Waals surface area contributed by atoms with Crippen molar-refractivity contribution < 1.29 is 0 Å². The van der Waals surface area contributed by atoms with Crippen LogP contribution in [0.3, 0.4) is 0 Å².